The number of nitrogens with zero attached hydrogens (tertiary/aromatic N) is 5. The molecular formula is C30H40N6O3. The van der Waals surface area contributed by atoms with Gasteiger partial charge in [-0.1, -0.05) is 50.6 Å². The zero-order valence-electron chi connectivity index (χ0n) is 24.3. The van der Waals surface area contributed by atoms with Gasteiger partial charge < -0.3 is 14.5 Å². The van der Waals surface area contributed by atoms with E-state index in [1.807, 2.05) is 16.8 Å². The normalized spacial score (nSPS) is 12.9. The first-order valence-corrected chi connectivity index (χ1v) is 13.4. The van der Waals surface area contributed by atoms with Crippen LogP contribution in [0.25, 0.3) is 10.9 Å². The maximum absolute atomic E-state index is 13.4. The van der Waals surface area contributed by atoms with Gasteiger partial charge in [0.15, 0.2) is 17.3 Å². The van der Waals surface area contributed by atoms with Crippen LogP contribution in [0.2, 0.25) is 0 Å². The highest BCUT2D eigenvalue weighted by Gasteiger charge is 2.34. The van der Waals surface area contributed by atoms with Gasteiger partial charge in [0.2, 0.25) is 0 Å². The van der Waals surface area contributed by atoms with Crippen molar-refractivity contribution < 1.29 is 9.47 Å². The van der Waals surface area contributed by atoms with Crippen molar-refractivity contribution in [3.8, 4) is 11.5 Å². The highest BCUT2D eigenvalue weighted by atomic mass is 16.5. The fourth-order valence-electron chi connectivity index (χ4n) is 4.94. The molecular weight excluding hydrogens is 492 g/mol. The Balaban J connectivity index is 1.82. The number of hydrogen-bond donors (Lipinski definition) is 1. The lowest BCUT2D eigenvalue weighted by Gasteiger charge is -2.35. The molecule has 0 bridgehead atoms. The Morgan fingerprint density at radius 1 is 1.03 bits per heavy atom. The molecule has 0 amide bonds. The van der Waals surface area contributed by atoms with Gasteiger partial charge in [-0.2, -0.15) is 0 Å². The third-order valence-electron chi connectivity index (χ3n) is 7.53. The summed E-state index contributed by atoms with van der Waals surface area (Å²) in [5.74, 6) is 2.16. The Kier molecular flexibility index (Phi) is 8.39. The molecule has 9 heteroatoms. The molecule has 208 valence electrons. The quantitative estimate of drug-likeness (QED) is 0.277. The zero-order chi connectivity index (χ0) is 28.3. The topological polar surface area (TPSA) is 98.2 Å². The molecule has 0 saturated heterocycles. The number of aryl methyl sites for hydroxylation is 1. The van der Waals surface area contributed by atoms with E-state index >= 15 is 0 Å². The number of hydrogen-bond acceptors (Lipinski definition) is 7. The van der Waals surface area contributed by atoms with Crippen molar-refractivity contribution in [2.75, 3.05) is 14.2 Å². The standard InChI is InChI=1S/C30H40N6O3/c1-9-30(5,6)36-28(32-33-34-36)27(19(2)3)35(17-21-12-10-20(4)11-13-21)18-23-14-22-15-25(38-7)26(39-8)16-24(22)31-29(23)37/h10-16,19,27H,9,17-18H2,1-8H3,(H,31,37). The molecule has 1 unspecified atom stereocenters. The van der Waals surface area contributed by atoms with Gasteiger partial charge in [-0.05, 0) is 61.2 Å². The summed E-state index contributed by atoms with van der Waals surface area (Å²) in [7, 11) is 3.19. The summed E-state index contributed by atoms with van der Waals surface area (Å²) >= 11 is 0. The van der Waals surface area contributed by atoms with Crippen molar-refractivity contribution in [1.82, 2.24) is 30.1 Å². The number of tetrazole rings is 1. The molecule has 4 aromatic rings. The van der Waals surface area contributed by atoms with Crippen LogP contribution in [0.5, 0.6) is 11.5 Å². The second-order valence-electron chi connectivity index (χ2n) is 11.1. The second-order valence-corrected chi connectivity index (χ2v) is 11.1. The van der Waals surface area contributed by atoms with Crippen molar-refractivity contribution in [1.29, 1.82) is 0 Å². The minimum absolute atomic E-state index is 0.132. The van der Waals surface area contributed by atoms with Crippen LogP contribution < -0.4 is 15.0 Å². The van der Waals surface area contributed by atoms with Crippen LogP contribution in [0.3, 0.4) is 0 Å². The van der Waals surface area contributed by atoms with Crippen molar-refractivity contribution in [3.63, 3.8) is 0 Å². The van der Waals surface area contributed by atoms with Crippen molar-refractivity contribution >= 4 is 10.9 Å². The lowest BCUT2D eigenvalue weighted by Crippen LogP contribution is -2.38. The Hall–Kier alpha value is -3.72. The van der Waals surface area contributed by atoms with Crippen LogP contribution in [0.15, 0.2) is 47.3 Å². The Labute approximate surface area is 230 Å². The summed E-state index contributed by atoms with van der Waals surface area (Å²) < 4.78 is 12.9. The van der Waals surface area contributed by atoms with Crippen LogP contribution in [0, 0.1) is 12.8 Å². The van der Waals surface area contributed by atoms with E-state index in [0.717, 1.165) is 23.2 Å². The summed E-state index contributed by atoms with van der Waals surface area (Å²) in [5, 5.41) is 13.9. The first-order chi connectivity index (χ1) is 18.6. The lowest BCUT2D eigenvalue weighted by molar-refractivity contribution is 0.118. The number of methoxy groups -OCH3 is 2. The molecule has 2 aromatic carbocycles. The van der Waals surface area contributed by atoms with E-state index in [2.05, 4.69) is 91.2 Å². The van der Waals surface area contributed by atoms with Gasteiger partial charge in [0.1, 0.15) is 0 Å². The van der Waals surface area contributed by atoms with Crippen LogP contribution in [0.1, 0.15) is 69.6 Å². The maximum atomic E-state index is 13.4. The summed E-state index contributed by atoms with van der Waals surface area (Å²) in [6.07, 6.45) is 0.878. The van der Waals surface area contributed by atoms with Crippen LogP contribution >= 0.6 is 0 Å². The average Bonchev–Trinajstić information content (AvgIpc) is 3.39. The number of pyridine rings is 1. The number of H-pyrrole nitrogens is 1. The molecule has 39 heavy (non-hydrogen) atoms. The van der Waals surface area contributed by atoms with Gasteiger partial charge in [0.25, 0.3) is 5.56 Å². The molecule has 0 saturated carbocycles. The molecule has 1 N–H and O–H groups in total. The van der Waals surface area contributed by atoms with E-state index in [-0.39, 0.29) is 23.1 Å². The van der Waals surface area contributed by atoms with Crippen molar-refractivity contribution in [2.45, 2.75) is 72.6 Å². The number of ether oxygens (including phenoxy) is 2. The summed E-state index contributed by atoms with van der Waals surface area (Å²) in [6, 6.07) is 14.0. The Morgan fingerprint density at radius 2 is 1.69 bits per heavy atom. The third kappa shape index (κ3) is 5.98. The number of aromatic nitrogens is 5. The van der Waals surface area contributed by atoms with E-state index in [0.29, 0.717) is 35.7 Å². The number of benzene rings is 2. The molecule has 1 atom stereocenters. The summed E-state index contributed by atoms with van der Waals surface area (Å²) in [5.41, 5.74) is 3.32. The SMILES string of the molecule is CCC(C)(C)n1nnnc1C(C(C)C)N(Cc1ccc(C)cc1)Cc1cc2cc(OC)c(OC)cc2[nH]c1=O. The Morgan fingerprint density at radius 3 is 2.31 bits per heavy atom. The molecule has 0 fully saturated rings. The molecule has 9 nitrogen and oxygen atoms in total. The van der Waals surface area contributed by atoms with E-state index in [1.54, 1.807) is 20.3 Å². The second kappa shape index (κ2) is 11.6. The minimum Gasteiger partial charge on any atom is -0.493 e. The fourth-order valence-corrected chi connectivity index (χ4v) is 4.94. The van der Waals surface area contributed by atoms with E-state index < -0.39 is 0 Å². The molecule has 0 radical (unpaired) electrons. The number of aromatic amines is 1. The van der Waals surface area contributed by atoms with Crippen LogP contribution in [-0.2, 0) is 18.6 Å². The fraction of sp³-hybridized carbons (Fsp3) is 0.467. The lowest BCUT2D eigenvalue weighted by atomic mass is 9.96. The molecule has 2 heterocycles. The van der Waals surface area contributed by atoms with Gasteiger partial charge in [0, 0.05) is 30.1 Å². The van der Waals surface area contributed by atoms with Gasteiger partial charge in [0.05, 0.1) is 31.3 Å². The average molecular weight is 533 g/mol. The number of fused-ring (bicyclic) bond motifs is 1. The van der Waals surface area contributed by atoms with Crippen LogP contribution in [-0.4, -0.2) is 44.3 Å². The molecule has 0 aliphatic carbocycles. The van der Waals surface area contributed by atoms with Gasteiger partial charge in [-0.15, -0.1) is 5.10 Å². The zero-order valence-corrected chi connectivity index (χ0v) is 24.3. The Bertz CT molecular complexity index is 1470. The van der Waals surface area contributed by atoms with E-state index in [1.165, 1.54) is 5.56 Å². The molecule has 0 aliphatic heterocycles. The number of rotatable bonds is 11. The molecule has 4 rings (SSSR count). The predicted molar refractivity (Wildman–Crippen MR) is 153 cm³/mol. The van der Waals surface area contributed by atoms with Crippen molar-refractivity contribution in [2.24, 2.45) is 5.92 Å². The van der Waals surface area contributed by atoms with Crippen molar-refractivity contribution in [3.05, 3.63) is 75.3 Å². The smallest absolute Gasteiger partial charge is 0.252 e. The summed E-state index contributed by atoms with van der Waals surface area (Å²) in [6.45, 7) is 13.9. The predicted octanol–water partition coefficient (Wildman–Crippen LogP) is 5.38. The van der Waals surface area contributed by atoms with Crippen LogP contribution in [0.4, 0.5) is 0 Å². The molecule has 0 aliphatic rings. The highest BCUT2D eigenvalue weighted by molar-refractivity contribution is 5.83. The largest absolute Gasteiger partial charge is 0.493 e. The third-order valence-corrected chi connectivity index (χ3v) is 7.53. The summed E-state index contributed by atoms with van der Waals surface area (Å²) in [4.78, 5) is 18.7. The minimum atomic E-state index is -0.252. The first kappa shape index (κ1) is 28.3. The molecule has 2 aromatic heterocycles. The number of nitrogens with one attached hydrogen (secondary N) is 1. The first-order valence-electron chi connectivity index (χ1n) is 13.4. The highest BCUT2D eigenvalue weighted by Crippen LogP contribution is 2.34. The maximum Gasteiger partial charge on any atom is 0.252 e. The van der Waals surface area contributed by atoms with Gasteiger partial charge in [-0.25, -0.2) is 4.68 Å². The van der Waals surface area contributed by atoms with E-state index in [9.17, 15) is 4.79 Å². The monoisotopic (exact) mass is 532 g/mol. The van der Waals surface area contributed by atoms with Gasteiger partial charge in [-0.3, -0.25) is 9.69 Å². The van der Waals surface area contributed by atoms with E-state index in [4.69, 9.17) is 9.47 Å². The van der Waals surface area contributed by atoms with Gasteiger partial charge >= 0.3 is 0 Å². The molecule has 0 spiro atoms.